The molecule has 21 heavy (non-hydrogen) atoms. The summed E-state index contributed by atoms with van der Waals surface area (Å²) in [6.07, 6.45) is -4.25. The van der Waals surface area contributed by atoms with E-state index in [0.29, 0.717) is 0 Å². The van der Waals surface area contributed by atoms with Crippen LogP contribution in [0.4, 0.5) is 13.2 Å². The first kappa shape index (κ1) is 17.9. The molecule has 0 aliphatic rings. The van der Waals surface area contributed by atoms with E-state index in [1.807, 2.05) is 13.8 Å². The predicted octanol–water partition coefficient (Wildman–Crippen LogP) is 1.79. The molecule has 0 saturated heterocycles. The molecule has 0 fully saturated rings. The number of nitrogens with zero attached hydrogens (tertiary/aromatic N) is 2. The van der Waals surface area contributed by atoms with Crippen molar-refractivity contribution in [2.75, 3.05) is 19.8 Å². The van der Waals surface area contributed by atoms with Crippen molar-refractivity contribution >= 4 is 0 Å². The van der Waals surface area contributed by atoms with Crippen LogP contribution in [0.2, 0.25) is 0 Å². The summed E-state index contributed by atoms with van der Waals surface area (Å²) < 4.78 is 50.5. The number of rotatable bonds is 8. The standard InChI is InChI=1S/C12H20F3N3O3/c1-8(2)20-6-11(3,16)10-17-9(21-18-10)4-5-19-7-12(13,14)15/h8H,4-7,16H2,1-3H3. The van der Waals surface area contributed by atoms with E-state index >= 15 is 0 Å². The summed E-state index contributed by atoms with van der Waals surface area (Å²) in [4.78, 5) is 4.05. The first-order valence-electron chi connectivity index (χ1n) is 6.48. The van der Waals surface area contributed by atoms with E-state index in [9.17, 15) is 13.2 Å². The Bertz CT molecular complexity index is 433. The average Bonchev–Trinajstić information content (AvgIpc) is 2.81. The van der Waals surface area contributed by atoms with Gasteiger partial charge in [-0.1, -0.05) is 5.16 Å². The SMILES string of the molecule is CC(C)OCC(C)(N)c1noc(CCOCC(F)(F)F)n1. The average molecular weight is 311 g/mol. The quantitative estimate of drug-likeness (QED) is 0.737. The number of halogens is 3. The highest BCUT2D eigenvalue weighted by molar-refractivity contribution is 5.01. The van der Waals surface area contributed by atoms with Crippen molar-refractivity contribution in [2.24, 2.45) is 5.73 Å². The summed E-state index contributed by atoms with van der Waals surface area (Å²) in [5.74, 6) is 0.419. The van der Waals surface area contributed by atoms with Gasteiger partial charge in [-0.2, -0.15) is 18.2 Å². The Kier molecular flexibility index (Phi) is 6.11. The molecule has 2 N–H and O–H groups in total. The van der Waals surface area contributed by atoms with E-state index in [4.69, 9.17) is 15.0 Å². The smallest absolute Gasteiger partial charge is 0.376 e. The lowest BCUT2D eigenvalue weighted by molar-refractivity contribution is -0.173. The molecule has 0 saturated carbocycles. The molecule has 122 valence electrons. The number of aromatic nitrogens is 2. The number of hydrogen-bond donors (Lipinski definition) is 1. The van der Waals surface area contributed by atoms with E-state index in [1.165, 1.54) is 0 Å². The van der Waals surface area contributed by atoms with Gasteiger partial charge in [0.15, 0.2) is 5.82 Å². The number of nitrogens with two attached hydrogens (primary N) is 1. The van der Waals surface area contributed by atoms with Crippen LogP contribution in [0.3, 0.4) is 0 Å². The molecule has 1 heterocycles. The van der Waals surface area contributed by atoms with E-state index < -0.39 is 18.3 Å². The predicted molar refractivity (Wildman–Crippen MR) is 67.5 cm³/mol. The monoisotopic (exact) mass is 311 g/mol. The molecule has 0 aliphatic heterocycles. The molecular formula is C12H20F3N3O3. The van der Waals surface area contributed by atoms with Crippen molar-refractivity contribution in [3.63, 3.8) is 0 Å². The van der Waals surface area contributed by atoms with Gasteiger partial charge in [-0.15, -0.1) is 0 Å². The van der Waals surface area contributed by atoms with E-state index in [0.717, 1.165) is 0 Å². The number of alkyl halides is 3. The normalized spacial score (nSPS) is 15.4. The van der Waals surface area contributed by atoms with Crippen LogP contribution in [0.5, 0.6) is 0 Å². The second-order valence-corrected chi connectivity index (χ2v) is 5.21. The molecule has 1 unspecified atom stereocenters. The fourth-order valence-electron chi connectivity index (χ4n) is 1.34. The van der Waals surface area contributed by atoms with Gasteiger partial charge < -0.3 is 19.7 Å². The maximum Gasteiger partial charge on any atom is 0.411 e. The van der Waals surface area contributed by atoms with Crippen LogP contribution >= 0.6 is 0 Å². The van der Waals surface area contributed by atoms with Crippen LogP contribution in [0.25, 0.3) is 0 Å². The third kappa shape index (κ3) is 6.87. The minimum Gasteiger partial charge on any atom is -0.376 e. The zero-order valence-electron chi connectivity index (χ0n) is 12.2. The second kappa shape index (κ2) is 7.19. The molecule has 0 spiro atoms. The summed E-state index contributed by atoms with van der Waals surface area (Å²) >= 11 is 0. The Morgan fingerprint density at radius 3 is 2.52 bits per heavy atom. The minimum atomic E-state index is -4.34. The molecule has 1 aromatic rings. The Balaban J connectivity index is 2.45. The van der Waals surface area contributed by atoms with Gasteiger partial charge in [0.1, 0.15) is 12.1 Å². The summed E-state index contributed by atoms with van der Waals surface area (Å²) in [6.45, 7) is 4.17. The molecule has 0 bridgehead atoms. The van der Waals surface area contributed by atoms with Gasteiger partial charge in [0.2, 0.25) is 5.89 Å². The van der Waals surface area contributed by atoms with Crippen molar-refractivity contribution < 1.29 is 27.2 Å². The van der Waals surface area contributed by atoms with Gasteiger partial charge in [-0.3, -0.25) is 0 Å². The highest BCUT2D eigenvalue weighted by Gasteiger charge is 2.29. The summed E-state index contributed by atoms with van der Waals surface area (Å²) in [5, 5.41) is 3.72. The van der Waals surface area contributed by atoms with Gasteiger partial charge in [0.25, 0.3) is 0 Å². The van der Waals surface area contributed by atoms with Crippen molar-refractivity contribution in [3.05, 3.63) is 11.7 Å². The van der Waals surface area contributed by atoms with Crippen molar-refractivity contribution in [3.8, 4) is 0 Å². The van der Waals surface area contributed by atoms with Gasteiger partial charge in [-0.05, 0) is 20.8 Å². The van der Waals surface area contributed by atoms with E-state index in [2.05, 4.69) is 14.9 Å². The molecule has 0 radical (unpaired) electrons. The Labute approximate surface area is 120 Å². The lowest BCUT2D eigenvalue weighted by atomic mass is 10.1. The van der Waals surface area contributed by atoms with Crippen LogP contribution in [-0.4, -0.2) is 42.2 Å². The van der Waals surface area contributed by atoms with Gasteiger partial charge in [-0.25, -0.2) is 0 Å². The molecule has 9 heteroatoms. The minimum absolute atomic E-state index is 0.00927. The lowest BCUT2D eigenvalue weighted by Crippen LogP contribution is -2.40. The van der Waals surface area contributed by atoms with Crippen molar-refractivity contribution in [2.45, 2.75) is 45.0 Å². The molecule has 0 amide bonds. The fraction of sp³-hybridized carbons (Fsp3) is 0.833. The molecule has 1 rings (SSSR count). The molecule has 1 atom stereocenters. The lowest BCUT2D eigenvalue weighted by Gasteiger charge is -2.21. The largest absolute Gasteiger partial charge is 0.411 e. The van der Waals surface area contributed by atoms with Crippen molar-refractivity contribution in [1.29, 1.82) is 0 Å². The van der Waals surface area contributed by atoms with Crippen LogP contribution in [0.15, 0.2) is 4.52 Å². The maximum atomic E-state index is 11.9. The molecule has 0 aromatic carbocycles. The van der Waals surface area contributed by atoms with Crippen LogP contribution in [0.1, 0.15) is 32.5 Å². The van der Waals surface area contributed by atoms with E-state index in [1.54, 1.807) is 6.92 Å². The zero-order valence-corrected chi connectivity index (χ0v) is 12.2. The summed E-state index contributed by atoms with van der Waals surface area (Å²) in [6, 6.07) is 0. The first-order valence-corrected chi connectivity index (χ1v) is 6.48. The topological polar surface area (TPSA) is 83.4 Å². The molecule has 0 aliphatic carbocycles. The third-order valence-corrected chi connectivity index (χ3v) is 2.42. The number of ether oxygens (including phenoxy) is 2. The van der Waals surface area contributed by atoms with Crippen LogP contribution in [-0.2, 0) is 21.4 Å². The highest BCUT2D eigenvalue weighted by atomic mass is 19.4. The third-order valence-electron chi connectivity index (χ3n) is 2.42. The number of hydrogen-bond acceptors (Lipinski definition) is 6. The molecule has 1 aromatic heterocycles. The van der Waals surface area contributed by atoms with Crippen LogP contribution < -0.4 is 5.73 Å². The first-order chi connectivity index (χ1) is 9.60. The zero-order chi connectivity index (χ0) is 16.1. The Hall–Kier alpha value is -1.19. The highest BCUT2D eigenvalue weighted by Crippen LogP contribution is 2.17. The Morgan fingerprint density at radius 2 is 1.95 bits per heavy atom. The maximum absolute atomic E-state index is 11.9. The van der Waals surface area contributed by atoms with Crippen molar-refractivity contribution in [1.82, 2.24) is 10.1 Å². The van der Waals surface area contributed by atoms with Crippen LogP contribution in [0, 0.1) is 0 Å². The van der Waals surface area contributed by atoms with Gasteiger partial charge in [0, 0.05) is 0 Å². The van der Waals surface area contributed by atoms with Gasteiger partial charge >= 0.3 is 6.18 Å². The second-order valence-electron chi connectivity index (χ2n) is 5.21. The Morgan fingerprint density at radius 1 is 1.29 bits per heavy atom. The van der Waals surface area contributed by atoms with Gasteiger partial charge in [0.05, 0.1) is 25.7 Å². The fourth-order valence-corrected chi connectivity index (χ4v) is 1.34. The summed E-state index contributed by atoms with van der Waals surface area (Å²) in [7, 11) is 0. The molecular weight excluding hydrogens is 291 g/mol. The summed E-state index contributed by atoms with van der Waals surface area (Å²) in [5.41, 5.74) is 5.09. The molecule has 6 nitrogen and oxygen atoms in total. The van der Waals surface area contributed by atoms with E-state index in [-0.39, 0.29) is 37.5 Å².